The van der Waals surface area contributed by atoms with Crippen LogP contribution in [0.2, 0.25) is 0 Å². The summed E-state index contributed by atoms with van der Waals surface area (Å²) in [5, 5.41) is 15.0. The molecule has 0 spiro atoms. The number of anilines is 1. The summed E-state index contributed by atoms with van der Waals surface area (Å²) in [7, 11) is 0. The minimum Gasteiger partial charge on any atom is -0.369 e. The molecule has 2 N–H and O–H groups in total. The van der Waals surface area contributed by atoms with Gasteiger partial charge in [0.1, 0.15) is 12.9 Å². The van der Waals surface area contributed by atoms with E-state index < -0.39 is 0 Å². The number of aromatic nitrogens is 3. The zero-order valence-corrected chi connectivity index (χ0v) is 19.6. The largest absolute Gasteiger partial charge is 0.369 e. The zero-order valence-electron chi connectivity index (χ0n) is 15.7. The highest BCUT2D eigenvalue weighted by atomic mass is 127. The van der Waals surface area contributed by atoms with Crippen LogP contribution in [-0.4, -0.2) is 46.4 Å². The smallest absolute Gasteiger partial charge is 0.191 e. The Morgan fingerprint density at radius 1 is 1.30 bits per heavy atom. The van der Waals surface area contributed by atoms with Crippen molar-refractivity contribution in [3.8, 4) is 0 Å². The predicted molar refractivity (Wildman–Crippen MR) is 124 cm³/mol. The van der Waals surface area contributed by atoms with Crippen LogP contribution in [0.25, 0.3) is 0 Å². The molecule has 1 saturated heterocycles. The molecule has 27 heavy (non-hydrogen) atoms. The first kappa shape index (κ1) is 21.9. The molecule has 0 saturated carbocycles. The molecule has 9 heteroatoms. The Labute approximate surface area is 186 Å². The second kappa shape index (κ2) is 10.8. The molecule has 7 nitrogen and oxygen atoms in total. The number of benzene rings is 1. The molecule has 1 atom stereocenters. The van der Waals surface area contributed by atoms with Crippen LogP contribution in [0.1, 0.15) is 26.1 Å². The van der Waals surface area contributed by atoms with E-state index in [2.05, 4.69) is 84.8 Å². The lowest BCUT2D eigenvalue weighted by atomic mass is 10.3. The van der Waals surface area contributed by atoms with Crippen molar-refractivity contribution < 1.29 is 0 Å². The number of nitrogens with one attached hydrogen (secondary N) is 2. The molecule has 1 aliphatic heterocycles. The van der Waals surface area contributed by atoms with Gasteiger partial charge in [-0.2, -0.15) is 0 Å². The van der Waals surface area contributed by atoms with Crippen LogP contribution < -0.4 is 15.5 Å². The van der Waals surface area contributed by atoms with Crippen molar-refractivity contribution in [2.45, 2.75) is 39.4 Å². The highest BCUT2D eigenvalue weighted by Crippen LogP contribution is 2.22. The van der Waals surface area contributed by atoms with Crippen LogP contribution in [0.4, 0.5) is 5.69 Å². The number of nitrogens with zero attached hydrogens (tertiary/aromatic N) is 5. The summed E-state index contributed by atoms with van der Waals surface area (Å²) in [6, 6.07) is 8.87. The quantitative estimate of drug-likeness (QED) is 0.330. The Balaban J connectivity index is 0.00000261. The third-order valence-corrected chi connectivity index (χ3v) is 5.01. The summed E-state index contributed by atoms with van der Waals surface area (Å²) < 4.78 is 3.12. The molecule has 1 unspecified atom stereocenters. The number of halogens is 2. The lowest BCUT2D eigenvalue weighted by Gasteiger charge is -2.20. The fraction of sp³-hybridized carbons (Fsp3) is 0.500. The van der Waals surface area contributed by atoms with Crippen molar-refractivity contribution in [3.63, 3.8) is 0 Å². The molecule has 2 heterocycles. The zero-order chi connectivity index (χ0) is 18.4. The van der Waals surface area contributed by atoms with Crippen molar-refractivity contribution in [3.05, 3.63) is 40.9 Å². The molecule has 1 aromatic carbocycles. The number of rotatable bonds is 6. The van der Waals surface area contributed by atoms with Gasteiger partial charge in [-0.25, -0.2) is 4.99 Å². The molecule has 148 valence electrons. The molecule has 0 amide bonds. The molecule has 0 bridgehead atoms. The Morgan fingerprint density at radius 2 is 2.07 bits per heavy atom. The van der Waals surface area contributed by atoms with E-state index in [-0.39, 0.29) is 24.0 Å². The van der Waals surface area contributed by atoms with Crippen molar-refractivity contribution in [1.29, 1.82) is 0 Å². The van der Waals surface area contributed by atoms with Gasteiger partial charge in [-0.15, -0.1) is 34.2 Å². The van der Waals surface area contributed by atoms with E-state index in [0.29, 0.717) is 12.6 Å². The van der Waals surface area contributed by atoms with Crippen LogP contribution in [0.15, 0.2) is 40.1 Å². The highest BCUT2D eigenvalue weighted by Gasteiger charge is 2.23. The average molecular weight is 548 g/mol. The van der Waals surface area contributed by atoms with Gasteiger partial charge >= 0.3 is 0 Å². The minimum atomic E-state index is 0. The van der Waals surface area contributed by atoms with Gasteiger partial charge in [0.15, 0.2) is 11.8 Å². The van der Waals surface area contributed by atoms with Gasteiger partial charge < -0.3 is 20.1 Å². The number of guanidine groups is 1. The van der Waals surface area contributed by atoms with Gasteiger partial charge in [0, 0.05) is 42.4 Å². The Morgan fingerprint density at radius 3 is 2.78 bits per heavy atom. The van der Waals surface area contributed by atoms with Gasteiger partial charge in [0.25, 0.3) is 0 Å². The first-order chi connectivity index (χ1) is 12.7. The highest BCUT2D eigenvalue weighted by molar-refractivity contribution is 14.0. The number of hydrogen-bond donors (Lipinski definition) is 2. The Hall–Kier alpha value is -1.36. The predicted octanol–water partition coefficient (Wildman–Crippen LogP) is 3.01. The van der Waals surface area contributed by atoms with Gasteiger partial charge in [-0.1, -0.05) is 15.9 Å². The van der Waals surface area contributed by atoms with E-state index >= 15 is 0 Å². The molecule has 2 aromatic rings. The first-order valence-corrected chi connectivity index (χ1v) is 9.91. The number of aryl methyl sites for hydroxylation is 1. The van der Waals surface area contributed by atoms with Crippen molar-refractivity contribution in [2.75, 3.05) is 24.5 Å². The average Bonchev–Trinajstić information content (AvgIpc) is 3.29. The number of aliphatic imine (C=N–C) groups is 1. The summed E-state index contributed by atoms with van der Waals surface area (Å²) >= 11 is 3.49. The van der Waals surface area contributed by atoms with Crippen molar-refractivity contribution in [1.82, 2.24) is 25.4 Å². The Bertz CT molecular complexity index is 732. The van der Waals surface area contributed by atoms with E-state index in [9.17, 15) is 0 Å². The summed E-state index contributed by atoms with van der Waals surface area (Å²) in [5.74, 6) is 1.72. The van der Waals surface area contributed by atoms with Crippen molar-refractivity contribution in [2.24, 2.45) is 4.99 Å². The third kappa shape index (κ3) is 6.06. The van der Waals surface area contributed by atoms with E-state index in [1.165, 1.54) is 5.69 Å². The molecular weight excluding hydrogens is 521 g/mol. The fourth-order valence-corrected chi connectivity index (χ4v) is 3.36. The normalized spacial score (nSPS) is 16.9. The van der Waals surface area contributed by atoms with E-state index in [4.69, 9.17) is 0 Å². The summed E-state index contributed by atoms with van der Waals surface area (Å²) in [4.78, 5) is 7.09. The Kier molecular flexibility index (Phi) is 8.81. The van der Waals surface area contributed by atoms with Crippen LogP contribution in [0.3, 0.4) is 0 Å². The van der Waals surface area contributed by atoms with Gasteiger partial charge in [0.05, 0.1) is 0 Å². The van der Waals surface area contributed by atoms with E-state index in [0.717, 1.165) is 48.9 Å². The maximum atomic E-state index is 4.68. The van der Waals surface area contributed by atoms with E-state index in [1.807, 2.05) is 4.57 Å². The lowest BCUT2D eigenvalue weighted by molar-refractivity contribution is 0.644. The summed E-state index contributed by atoms with van der Waals surface area (Å²) in [5.41, 5.74) is 1.26. The minimum absolute atomic E-state index is 0. The second-order valence-electron chi connectivity index (χ2n) is 6.28. The van der Waals surface area contributed by atoms with Crippen LogP contribution in [-0.2, 0) is 13.1 Å². The SMILES string of the molecule is CCNC(=NCc1nncn1CC)NC1CCN(c2ccc(Br)cc2)C1.I. The third-order valence-electron chi connectivity index (χ3n) is 4.48. The molecule has 3 rings (SSSR count). The summed E-state index contributed by atoms with van der Waals surface area (Å²) in [6.45, 7) is 8.37. The first-order valence-electron chi connectivity index (χ1n) is 9.11. The van der Waals surface area contributed by atoms with E-state index in [1.54, 1.807) is 6.33 Å². The van der Waals surface area contributed by atoms with Crippen molar-refractivity contribution >= 4 is 51.6 Å². The fourth-order valence-electron chi connectivity index (χ4n) is 3.09. The van der Waals surface area contributed by atoms with Crippen LogP contribution >= 0.6 is 39.9 Å². The van der Waals surface area contributed by atoms with Crippen LogP contribution in [0, 0.1) is 0 Å². The molecule has 1 aliphatic rings. The number of hydrogen-bond acceptors (Lipinski definition) is 4. The lowest BCUT2D eigenvalue weighted by Crippen LogP contribution is -2.44. The summed E-state index contributed by atoms with van der Waals surface area (Å²) in [6.07, 6.45) is 2.84. The van der Waals surface area contributed by atoms with Gasteiger partial charge in [0.2, 0.25) is 0 Å². The molecule has 0 radical (unpaired) electrons. The molecule has 1 aromatic heterocycles. The molecular formula is C18H27BrIN7. The maximum absolute atomic E-state index is 4.68. The second-order valence-corrected chi connectivity index (χ2v) is 7.20. The molecule has 0 aliphatic carbocycles. The van der Waals surface area contributed by atoms with Gasteiger partial charge in [-0.3, -0.25) is 0 Å². The monoisotopic (exact) mass is 547 g/mol. The van der Waals surface area contributed by atoms with Gasteiger partial charge in [-0.05, 0) is 44.5 Å². The standard InChI is InChI=1S/C18H26BrN7.HI/c1-3-20-18(21-11-17-24-22-13-25(17)4-2)23-15-9-10-26(12-15)16-7-5-14(19)6-8-16;/h5-8,13,15H,3-4,9-12H2,1-2H3,(H2,20,21,23);1H. The van der Waals surface area contributed by atoms with Crippen LogP contribution in [0.5, 0.6) is 0 Å². The topological polar surface area (TPSA) is 70.4 Å². The molecule has 1 fully saturated rings. The maximum Gasteiger partial charge on any atom is 0.191 e.